The summed E-state index contributed by atoms with van der Waals surface area (Å²) >= 11 is 0. The zero-order valence-corrected chi connectivity index (χ0v) is 8.31. The first-order chi connectivity index (χ1) is 7.31. The molecular formula is C12H13NO2. The van der Waals surface area contributed by atoms with Gasteiger partial charge in [0.2, 0.25) is 0 Å². The van der Waals surface area contributed by atoms with Crippen molar-refractivity contribution in [2.75, 3.05) is 0 Å². The largest absolute Gasteiger partial charge is 0.515 e. The Morgan fingerprint density at radius 1 is 1.33 bits per heavy atom. The molecule has 2 rings (SSSR count). The fraction of sp³-hybridized carbons (Fsp3) is 0.250. The lowest BCUT2D eigenvalue weighted by molar-refractivity contribution is -0.115. The molecule has 1 aliphatic rings. The van der Waals surface area contributed by atoms with Crippen molar-refractivity contribution in [2.45, 2.75) is 18.9 Å². The minimum absolute atomic E-state index is 0.203. The van der Waals surface area contributed by atoms with Gasteiger partial charge >= 0.3 is 0 Å². The van der Waals surface area contributed by atoms with E-state index in [2.05, 4.69) is 5.32 Å². The molecule has 1 amide bonds. The summed E-state index contributed by atoms with van der Waals surface area (Å²) in [7, 11) is 0. The van der Waals surface area contributed by atoms with Crippen molar-refractivity contribution in [3.05, 3.63) is 42.2 Å². The maximum Gasteiger partial charge on any atom is 0.255 e. The van der Waals surface area contributed by atoms with Gasteiger partial charge in [-0.1, -0.05) is 30.3 Å². The Morgan fingerprint density at radius 3 is 2.53 bits per heavy atom. The SMILES string of the molecule is O=C(NC1CC1)/C(=C/O)c1ccccc1. The lowest BCUT2D eigenvalue weighted by atomic mass is 10.1. The van der Waals surface area contributed by atoms with Crippen LogP contribution in [-0.4, -0.2) is 17.1 Å². The molecule has 3 heteroatoms. The molecule has 0 saturated heterocycles. The van der Waals surface area contributed by atoms with E-state index in [1.807, 2.05) is 18.2 Å². The van der Waals surface area contributed by atoms with Gasteiger partial charge < -0.3 is 10.4 Å². The summed E-state index contributed by atoms with van der Waals surface area (Å²) in [5, 5.41) is 11.9. The number of benzene rings is 1. The molecule has 1 saturated carbocycles. The highest BCUT2D eigenvalue weighted by Crippen LogP contribution is 2.21. The number of carbonyl (C=O) groups excluding carboxylic acids is 1. The normalized spacial score (nSPS) is 16.1. The second kappa shape index (κ2) is 4.17. The predicted octanol–water partition coefficient (Wildman–Crippen LogP) is 1.86. The molecule has 1 aliphatic carbocycles. The summed E-state index contributed by atoms with van der Waals surface area (Å²) in [6.45, 7) is 0. The number of hydrogen-bond donors (Lipinski definition) is 2. The molecule has 2 N–H and O–H groups in total. The van der Waals surface area contributed by atoms with E-state index in [1.54, 1.807) is 12.1 Å². The number of hydrogen-bond acceptors (Lipinski definition) is 2. The molecule has 3 nitrogen and oxygen atoms in total. The summed E-state index contributed by atoms with van der Waals surface area (Å²) in [6.07, 6.45) is 2.95. The molecule has 0 spiro atoms. The molecule has 0 unspecified atom stereocenters. The van der Waals surface area contributed by atoms with Gasteiger partial charge in [0, 0.05) is 6.04 Å². The molecule has 1 aromatic rings. The molecule has 0 bridgehead atoms. The summed E-state index contributed by atoms with van der Waals surface area (Å²) in [4.78, 5) is 11.7. The molecule has 15 heavy (non-hydrogen) atoms. The minimum Gasteiger partial charge on any atom is -0.515 e. The first-order valence-electron chi connectivity index (χ1n) is 5.02. The minimum atomic E-state index is -0.203. The van der Waals surface area contributed by atoms with Gasteiger partial charge in [0.15, 0.2) is 0 Å². The van der Waals surface area contributed by atoms with Gasteiger partial charge in [-0.2, -0.15) is 0 Å². The van der Waals surface area contributed by atoms with Crippen LogP contribution in [-0.2, 0) is 4.79 Å². The third-order valence-electron chi connectivity index (χ3n) is 2.37. The van der Waals surface area contributed by atoms with Crippen molar-refractivity contribution in [1.82, 2.24) is 5.32 Å². The molecule has 0 aromatic heterocycles. The smallest absolute Gasteiger partial charge is 0.255 e. The van der Waals surface area contributed by atoms with Crippen molar-refractivity contribution in [2.24, 2.45) is 0 Å². The van der Waals surface area contributed by atoms with Crippen LogP contribution in [0.2, 0.25) is 0 Å². The van der Waals surface area contributed by atoms with E-state index in [9.17, 15) is 4.79 Å². The van der Waals surface area contributed by atoms with Gasteiger partial charge in [-0.25, -0.2) is 0 Å². The Hall–Kier alpha value is -1.77. The second-order valence-corrected chi connectivity index (χ2v) is 3.66. The van der Waals surface area contributed by atoms with E-state index < -0.39 is 0 Å². The van der Waals surface area contributed by atoms with Crippen LogP contribution < -0.4 is 5.32 Å². The lowest BCUT2D eigenvalue weighted by Gasteiger charge is -2.06. The van der Waals surface area contributed by atoms with Gasteiger partial charge in [-0.15, -0.1) is 0 Å². The van der Waals surface area contributed by atoms with Crippen LogP contribution in [0.25, 0.3) is 5.57 Å². The van der Waals surface area contributed by atoms with Crippen LogP contribution in [0.15, 0.2) is 36.6 Å². The average molecular weight is 203 g/mol. The molecule has 0 radical (unpaired) electrons. The topological polar surface area (TPSA) is 49.3 Å². The summed E-state index contributed by atoms with van der Waals surface area (Å²) in [5.41, 5.74) is 1.06. The van der Waals surface area contributed by atoms with Gasteiger partial charge in [-0.05, 0) is 18.4 Å². The van der Waals surface area contributed by atoms with Crippen LogP contribution >= 0.6 is 0 Å². The first-order valence-corrected chi connectivity index (χ1v) is 5.02. The van der Waals surface area contributed by atoms with Crippen molar-refractivity contribution in [1.29, 1.82) is 0 Å². The molecule has 78 valence electrons. The van der Waals surface area contributed by atoms with Crippen LogP contribution in [0, 0.1) is 0 Å². The lowest BCUT2D eigenvalue weighted by Crippen LogP contribution is -2.26. The van der Waals surface area contributed by atoms with Crippen molar-refractivity contribution >= 4 is 11.5 Å². The van der Waals surface area contributed by atoms with Crippen LogP contribution in [0.1, 0.15) is 18.4 Å². The van der Waals surface area contributed by atoms with E-state index in [1.165, 1.54) is 0 Å². The second-order valence-electron chi connectivity index (χ2n) is 3.66. The van der Waals surface area contributed by atoms with E-state index >= 15 is 0 Å². The maximum absolute atomic E-state index is 11.7. The molecule has 1 fully saturated rings. The van der Waals surface area contributed by atoms with Crippen molar-refractivity contribution in [3.8, 4) is 0 Å². The van der Waals surface area contributed by atoms with E-state index in [-0.39, 0.29) is 5.91 Å². The highest BCUT2D eigenvalue weighted by Gasteiger charge is 2.25. The standard InChI is InChI=1S/C12H13NO2/c14-8-11(9-4-2-1-3-5-9)12(15)13-10-6-7-10/h1-5,8,10,14H,6-7H2,(H,13,15)/b11-8+. The number of aliphatic hydroxyl groups excluding tert-OH is 1. The summed E-state index contributed by atoms with van der Waals surface area (Å²) in [5.74, 6) is -0.203. The molecule has 0 heterocycles. The number of amides is 1. The van der Waals surface area contributed by atoms with E-state index in [4.69, 9.17) is 5.11 Å². The van der Waals surface area contributed by atoms with E-state index in [0.29, 0.717) is 11.6 Å². The fourth-order valence-corrected chi connectivity index (χ4v) is 1.37. The van der Waals surface area contributed by atoms with Crippen LogP contribution in [0.5, 0.6) is 0 Å². The number of aliphatic hydroxyl groups is 1. The number of rotatable bonds is 3. The molecule has 0 atom stereocenters. The third kappa shape index (κ3) is 2.37. The summed E-state index contributed by atoms with van der Waals surface area (Å²) < 4.78 is 0. The Bertz CT molecular complexity index is 380. The highest BCUT2D eigenvalue weighted by molar-refractivity contribution is 6.19. The van der Waals surface area contributed by atoms with Crippen molar-refractivity contribution < 1.29 is 9.90 Å². The third-order valence-corrected chi connectivity index (χ3v) is 2.37. The Kier molecular flexibility index (Phi) is 2.72. The fourth-order valence-electron chi connectivity index (χ4n) is 1.37. The van der Waals surface area contributed by atoms with E-state index in [0.717, 1.165) is 24.7 Å². The Morgan fingerprint density at radius 2 is 2.00 bits per heavy atom. The van der Waals surface area contributed by atoms with Gasteiger partial charge in [0.1, 0.15) is 0 Å². The first kappa shape index (κ1) is 9.77. The Labute approximate surface area is 88.4 Å². The number of nitrogens with one attached hydrogen (secondary N) is 1. The number of carbonyl (C=O) groups is 1. The zero-order chi connectivity index (χ0) is 10.7. The van der Waals surface area contributed by atoms with Crippen LogP contribution in [0.3, 0.4) is 0 Å². The predicted molar refractivity (Wildman–Crippen MR) is 58.2 cm³/mol. The van der Waals surface area contributed by atoms with Crippen LogP contribution in [0.4, 0.5) is 0 Å². The molecule has 0 aliphatic heterocycles. The summed E-state index contributed by atoms with van der Waals surface area (Å²) in [6, 6.07) is 9.45. The monoisotopic (exact) mass is 203 g/mol. The molecular weight excluding hydrogens is 190 g/mol. The zero-order valence-electron chi connectivity index (χ0n) is 8.31. The Balaban J connectivity index is 2.13. The van der Waals surface area contributed by atoms with Gasteiger partial charge in [0.05, 0.1) is 11.8 Å². The van der Waals surface area contributed by atoms with Crippen molar-refractivity contribution in [3.63, 3.8) is 0 Å². The molecule has 1 aromatic carbocycles. The average Bonchev–Trinajstić information content (AvgIpc) is 3.04. The van der Waals surface area contributed by atoms with Gasteiger partial charge in [0.25, 0.3) is 5.91 Å². The quantitative estimate of drug-likeness (QED) is 0.582. The van der Waals surface area contributed by atoms with Gasteiger partial charge in [-0.3, -0.25) is 4.79 Å². The highest BCUT2D eigenvalue weighted by atomic mass is 16.2. The maximum atomic E-state index is 11.7.